The van der Waals surface area contributed by atoms with E-state index in [1.807, 2.05) is 54.6 Å². The molecule has 0 radical (unpaired) electrons. The molecular weight excluding hydrogens is 392 g/mol. The zero-order chi connectivity index (χ0) is 19.5. The van der Waals surface area contributed by atoms with Gasteiger partial charge in [-0.3, -0.25) is 0 Å². The van der Waals surface area contributed by atoms with E-state index in [-0.39, 0.29) is 0 Å². The second kappa shape index (κ2) is 7.96. The van der Waals surface area contributed by atoms with E-state index in [9.17, 15) is 0 Å². The number of hydrogen-bond donors (Lipinski definition) is 0. The summed E-state index contributed by atoms with van der Waals surface area (Å²) in [5.41, 5.74) is 1.13. The zero-order valence-corrected chi connectivity index (χ0v) is 16.0. The number of hydrogen-bond acceptors (Lipinski definition) is 9. The highest BCUT2D eigenvalue weighted by Crippen LogP contribution is 2.36. The number of fused-ring (bicyclic) bond motifs is 1. The van der Waals surface area contributed by atoms with E-state index in [2.05, 4.69) is 20.3 Å². The molecule has 0 spiro atoms. The van der Waals surface area contributed by atoms with Crippen molar-refractivity contribution in [1.82, 2.24) is 20.3 Å². The number of aromatic nitrogens is 4. The Morgan fingerprint density at radius 2 is 1.79 bits per heavy atom. The van der Waals surface area contributed by atoms with Crippen molar-refractivity contribution in [2.24, 2.45) is 0 Å². The Morgan fingerprint density at radius 3 is 2.69 bits per heavy atom. The van der Waals surface area contributed by atoms with Crippen molar-refractivity contribution in [2.75, 3.05) is 6.61 Å². The molecule has 1 aliphatic heterocycles. The topological polar surface area (TPSA) is 96.3 Å². The van der Waals surface area contributed by atoms with Gasteiger partial charge in [0.2, 0.25) is 12.0 Å². The molecule has 2 aromatic carbocycles. The third kappa shape index (κ3) is 4.09. The lowest BCUT2D eigenvalue weighted by molar-refractivity contribution is 0.0686. The number of ether oxygens (including phenoxy) is 2. The van der Waals surface area contributed by atoms with Crippen LogP contribution >= 0.6 is 11.8 Å². The molecule has 0 saturated carbocycles. The zero-order valence-electron chi connectivity index (χ0n) is 15.2. The number of rotatable bonds is 6. The lowest BCUT2D eigenvalue weighted by Crippen LogP contribution is -2.21. The van der Waals surface area contributed by atoms with Crippen LogP contribution in [-0.2, 0) is 12.2 Å². The van der Waals surface area contributed by atoms with Crippen LogP contribution in [0.15, 0.2) is 68.8 Å². The van der Waals surface area contributed by atoms with Crippen LogP contribution in [0.4, 0.5) is 0 Å². The van der Waals surface area contributed by atoms with E-state index in [1.54, 1.807) is 0 Å². The van der Waals surface area contributed by atoms with Crippen LogP contribution < -0.4 is 9.47 Å². The first-order chi connectivity index (χ1) is 14.3. The van der Waals surface area contributed by atoms with Crippen LogP contribution in [-0.4, -0.2) is 26.9 Å². The summed E-state index contributed by atoms with van der Waals surface area (Å²) in [6, 6.07) is 17.5. The van der Waals surface area contributed by atoms with Gasteiger partial charge < -0.3 is 18.4 Å². The maximum absolute atomic E-state index is 5.88. The van der Waals surface area contributed by atoms with Crippen LogP contribution in [0.25, 0.3) is 0 Å². The smallest absolute Gasteiger partial charge is 0.277 e. The molecular formula is C20H16N4O4S. The van der Waals surface area contributed by atoms with Gasteiger partial charge >= 0.3 is 0 Å². The summed E-state index contributed by atoms with van der Waals surface area (Å²) in [6.45, 7) is 0.315. The molecule has 0 amide bonds. The lowest BCUT2D eigenvalue weighted by atomic mass is 10.1. The fraction of sp³-hybridized carbons (Fsp3) is 0.200. The third-order valence-corrected chi connectivity index (χ3v) is 5.04. The van der Waals surface area contributed by atoms with E-state index in [0.29, 0.717) is 53.1 Å². The fourth-order valence-corrected chi connectivity index (χ4v) is 3.48. The van der Waals surface area contributed by atoms with Crippen LogP contribution in [0.5, 0.6) is 11.5 Å². The van der Waals surface area contributed by atoms with Crippen LogP contribution in [0.2, 0.25) is 0 Å². The minimum absolute atomic E-state index is 0.315. The highest BCUT2D eigenvalue weighted by atomic mass is 32.2. The summed E-state index contributed by atoms with van der Waals surface area (Å²) in [5, 5.41) is 12.6. The predicted octanol–water partition coefficient (Wildman–Crippen LogP) is 3.85. The molecule has 3 heterocycles. The van der Waals surface area contributed by atoms with E-state index >= 15 is 0 Å². The number of para-hydroxylation sites is 2. The van der Waals surface area contributed by atoms with Crippen molar-refractivity contribution >= 4 is 11.8 Å². The largest absolute Gasteiger partial charge is 0.485 e. The maximum Gasteiger partial charge on any atom is 0.277 e. The summed E-state index contributed by atoms with van der Waals surface area (Å²) >= 11 is 1.33. The van der Waals surface area contributed by atoms with Gasteiger partial charge in [0.1, 0.15) is 6.61 Å². The Labute approximate surface area is 170 Å². The van der Waals surface area contributed by atoms with Crippen molar-refractivity contribution in [2.45, 2.75) is 23.5 Å². The summed E-state index contributed by atoms with van der Waals surface area (Å²) < 4.78 is 22.6. The van der Waals surface area contributed by atoms with Gasteiger partial charge in [-0.25, -0.2) is 0 Å². The van der Waals surface area contributed by atoms with Crippen molar-refractivity contribution in [3.05, 3.63) is 77.8 Å². The fourth-order valence-electron chi connectivity index (χ4n) is 2.87. The molecule has 1 aliphatic rings. The Balaban J connectivity index is 1.18. The molecule has 0 N–H and O–H groups in total. The van der Waals surface area contributed by atoms with Gasteiger partial charge in [-0.15, -0.1) is 10.2 Å². The minimum Gasteiger partial charge on any atom is -0.485 e. The first-order valence-electron chi connectivity index (χ1n) is 9.03. The summed E-state index contributed by atoms with van der Waals surface area (Å²) in [4.78, 5) is 4.41. The molecule has 5 rings (SSSR count). The molecule has 0 fully saturated rings. The first kappa shape index (κ1) is 17.7. The van der Waals surface area contributed by atoms with E-state index in [0.717, 1.165) is 5.56 Å². The average molecular weight is 408 g/mol. The predicted molar refractivity (Wildman–Crippen MR) is 103 cm³/mol. The van der Waals surface area contributed by atoms with Gasteiger partial charge in [0.05, 0.1) is 5.75 Å². The molecule has 0 bridgehead atoms. The second-order valence-corrected chi connectivity index (χ2v) is 7.25. The van der Waals surface area contributed by atoms with Gasteiger partial charge in [-0.1, -0.05) is 59.4 Å². The normalized spacial score (nSPS) is 15.4. The maximum atomic E-state index is 5.88. The first-order valence-corrected chi connectivity index (χ1v) is 10.0. The molecule has 9 heteroatoms. The summed E-state index contributed by atoms with van der Waals surface area (Å²) in [7, 11) is 0. The van der Waals surface area contributed by atoms with Crippen molar-refractivity contribution < 1.29 is 18.4 Å². The minimum atomic E-state index is -0.437. The molecule has 1 unspecified atom stereocenters. The van der Waals surface area contributed by atoms with Crippen molar-refractivity contribution in [1.29, 1.82) is 0 Å². The van der Waals surface area contributed by atoms with Gasteiger partial charge in [0, 0.05) is 6.42 Å². The van der Waals surface area contributed by atoms with Crippen LogP contribution in [0, 0.1) is 0 Å². The Morgan fingerprint density at radius 1 is 0.966 bits per heavy atom. The van der Waals surface area contributed by atoms with Gasteiger partial charge in [-0.05, 0) is 17.7 Å². The van der Waals surface area contributed by atoms with Crippen molar-refractivity contribution in [3.63, 3.8) is 0 Å². The quantitative estimate of drug-likeness (QED) is 0.441. The molecule has 0 aliphatic carbocycles. The Hall–Kier alpha value is -3.33. The Kier molecular flexibility index (Phi) is 4.87. The Bertz CT molecular complexity index is 1100. The summed E-state index contributed by atoms with van der Waals surface area (Å²) in [5.74, 6) is 3.33. The number of thioether (sulfide) groups is 1. The molecule has 29 heavy (non-hydrogen) atoms. The molecule has 4 aromatic rings. The molecule has 146 valence electrons. The average Bonchev–Trinajstić information content (AvgIpc) is 3.42. The second-order valence-electron chi connectivity index (χ2n) is 6.33. The summed E-state index contributed by atoms with van der Waals surface area (Å²) in [6.07, 6.45) is 0.188. The van der Waals surface area contributed by atoms with Gasteiger partial charge in [-0.2, -0.15) is 4.98 Å². The van der Waals surface area contributed by atoms with Crippen molar-refractivity contribution in [3.8, 4) is 11.5 Å². The molecule has 2 aromatic heterocycles. The standard InChI is InChI=1S/C20H16N4O4S/c1-2-6-13(7-3-1)10-17-21-18(28-24-17)12-29-20-23-22-19(27-20)16-11-25-14-8-4-5-9-15(14)26-16/h1-9,16H,10-12H2. The van der Waals surface area contributed by atoms with Crippen LogP contribution in [0.1, 0.15) is 29.3 Å². The SMILES string of the molecule is c1ccc(Cc2noc(CSc3nnc(C4COc5ccccc5O4)o3)n2)cc1. The van der Waals surface area contributed by atoms with Crippen LogP contribution in [0.3, 0.4) is 0 Å². The number of benzene rings is 2. The van der Waals surface area contributed by atoms with Gasteiger partial charge in [0.25, 0.3) is 11.1 Å². The molecule has 8 nitrogen and oxygen atoms in total. The highest BCUT2D eigenvalue weighted by Gasteiger charge is 2.27. The number of nitrogens with zero attached hydrogens (tertiary/aromatic N) is 4. The lowest BCUT2D eigenvalue weighted by Gasteiger charge is -2.23. The monoisotopic (exact) mass is 408 g/mol. The van der Waals surface area contributed by atoms with E-state index in [1.165, 1.54) is 11.8 Å². The molecule has 1 atom stereocenters. The van der Waals surface area contributed by atoms with Gasteiger partial charge in [0.15, 0.2) is 17.3 Å². The van der Waals surface area contributed by atoms with E-state index in [4.69, 9.17) is 18.4 Å². The van der Waals surface area contributed by atoms with E-state index < -0.39 is 6.10 Å². The third-order valence-electron chi connectivity index (χ3n) is 4.24. The highest BCUT2D eigenvalue weighted by molar-refractivity contribution is 7.98. The molecule has 0 saturated heterocycles.